The van der Waals surface area contributed by atoms with Crippen molar-refractivity contribution in [3.05, 3.63) is 70.8 Å². The van der Waals surface area contributed by atoms with Crippen LogP contribution in [-0.2, 0) is 22.4 Å². The number of aliphatic hydroxyl groups is 1. The Morgan fingerprint density at radius 2 is 1.94 bits per heavy atom. The highest BCUT2D eigenvalue weighted by Gasteiger charge is 2.28. The zero-order valence-electron chi connectivity index (χ0n) is 20.2. The standard InChI is InChI=1S/C28H34N2O4/c1-28(2,16-20-14-22-8-4-5-9-23(22)15-20)30-18-25(31)19-34-27-21(10-6-12-24(27)17-29)11-7-13-26(32)33-3/h4-12,20,25,30-31H,13-16,18-19H2,1-3H3. The monoisotopic (exact) mass is 462 g/mol. The van der Waals surface area contributed by atoms with Crippen molar-refractivity contribution in [2.75, 3.05) is 20.3 Å². The Bertz CT molecular complexity index is 1030. The van der Waals surface area contributed by atoms with Crippen molar-refractivity contribution in [2.24, 2.45) is 5.92 Å². The SMILES string of the molecule is COC(=O)CC=Cc1cccc(C#N)c1OCC(O)CNC(C)(C)CC1Cc2ccccc2C1. The zero-order chi connectivity index (χ0) is 24.6. The van der Waals surface area contributed by atoms with Crippen molar-refractivity contribution in [3.8, 4) is 11.8 Å². The summed E-state index contributed by atoms with van der Waals surface area (Å²) in [7, 11) is 1.34. The van der Waals surface area contributed by atoms with Crippen LogP contribution in [0.5, 0.6) is 5.75 Å². The number of β-amino-alcohol motifs (C(OH)–C–C–N with tert-alkyl or cyclic N) is 1. The molecule has 0 bridgehead atoms. The molecule has 0 fully saturated rings. The number of carbonyl (C=O) groups excluding carboxylic acids is 1. The maximum Gasteiger partial charge on any atom is 0.309 e. The third-order valence-corrected chi connectivity index (χ3v) is 6.15. The van der Waals surface area contributed by atoms with Gasteiger partial charge in [-0.3, -0.25) is 4.79 Å². The van der Waals surface area contributed by atoms with E-state index < -0.39 is 6.10 Å². The normalized spacial score (nSPS) is 14.6. The van der Waals surface area contributed by atoms with Gasteiger partial charge in [-0.25, -0.2) is 0 Å². The molecule has 0 radical (unpaired) electrons. The van der Waals surface area contributed by atoms with Gasteiger partial charge in [0.1, 0.15) is 24.5 Å². The molecule has 1 aliphatic rings. The molecule has 180 valence electrons. The number of rotatable bonds is 11. The molecule has 0 amide bonds. The number of nitrogens with zero attached hydrogens (tertiary/aromatic N) is 1. The number of benzene rings is 2. The molecule has 2 aromatic carbocycles. The number of fused-ring (bicyclic) bond motifs is 1. The van der Waals surface area contributed by atoms with Crippen molar-refractivity contribution in [3.63, 3.8) is 0 Å². The molecule has 0 saturated carbocycles. The summed E-state index contributed by atoms with van der Waals surface area (Å²) in [4.78, 5) is 11.3. The van der Waals surface area contributed by atoms with E-state index in [0.29, 0.717) is 29.3 Å². The van der Waals surface area contributed by atoms with Crippen molar-refractivity contribution < 1.29 is 19.4 Å². The predicted octanol–water partition coefficient (Wildman–Crippen LogP) is 4.05. The van der Waals surface area contributed by atoms with Gasteiger partial charge in [-0.1, -0.05) is 48.6 Å². The molecule has 6 heteroatoms. The van der Waals surface area contributed by atoms with E-state index in [1.807, 2.05) is 0 Å². The lowest BCUT2D eigenvalue weighted by Crippen LogP contribution is -2.46. The van der Waals surface area contributed by atoms with Crippen molar-refractivity contribution in [2.45, 2.75) is 51.2 Å². The first-order valence-electron chi connectivity index (χ1n) is 11.7. The topological polar surface area (TPSA) is 91.6 Å². The fourth-order valence-corrected chi connectivity index (χ4v) is 4.52. The van der Waals surface area contributed by atoms with Gasteiger partial charge in [0.15, 0.2) is 0 Å². The number of aliphatic hydroxyl groups excluding tert-OH is 1. The van der Waals surface area contributed by atoms with E-state index in [1.54, 1.807) is 30.4 Å². The molecule has 0 aromatic heterocycles. The van der Waals surface area contributed by atoms with Crippen LogP contribution in [0.1, 0.15) is 48.9 Å². The summed E-state index contributed by atoms with van der Waals surface area (Å²) in [5.41, 5.74) is 3.82. The molecular formula is C28H34N2O4. The molecule has 0 spiro atoms. The number of hydrogen-bond donors (Lipinski definition) is 2. The Morgan fingerprint density at radius 3 is 2.59 bits per heavy atom. The van der Waals surface area contributed by atoms with Crippen LogP contribution in [0.2, 0.25) is 0 Å². The molecule has 1 atom stereocenters. The van der Waals surface area contributed by atoms with Crippen molar-refractivity contribution in [1.82, 2.24) is 5.32 Å². The van der Waals surface area contributed by atoms with Gasteiger partial charge in [0, 0.05) is 17.6 Å². The van der Waals surface area contributed by atoms with E-state index >= 15 is 0 Å². The molecule has 0 aliphatic heterocycles. The highest BCUT2D eigenvalue weighted by Crippen LogP contribution is 2.32. The van der Waals surface area contributed by atoms with Crippen molar-refractivity contribution in [1.29, 1.82) is 5.26 Å². The largest absolute Gasteiger partial charge is 0.489 e. The lowest BCUT2D eigenvalue weighted by molar-refractivity contribution is -0.139. The average molecular weight is 463 g/mol. The van der Waals surface area contributed by atoms with Crippen LogP contribution in [0, 0.1) is 17.2 Å². The fourth-order valence-electron chi connectivity index (χ4n) is 4.52. The second-order valence-electron chi connectivity index (χ2n) is 9.50. The van der Waals surface area contributed by atoms with E-state index in [9.17, 15) is 15.2 Å². The Kier molecular flexibility index (Phi) is 8.86. The van der Waals surface area contributed by atoms with Crippen LogP contribution >= 0.6 is 0 Å². The Labute approximate surface area is 202 Å². The maximum absolute atomic E-state index is 11.3. The van der Waals surface area contributed by atoms with Gasteiger partial charge < -0.3 is 19.9 Å². The number of carbonyl (C=O) groups is 1. The molecule has 34 heavy (non-hydrogen) atoms. The maximum atomic E-state index is 11.3. The average Bonchev–Trinajstić information content (AvgIpc) is 3.23. The van der Waals surface area contributed by atoms with Crippen molar-refractivity contribution >= 4 is 12.0 Å². The Balaban J connectivity index is 1.52. The molecule has 1 unspecified atom stereocenters. The lowest BCUT2D eigenvalue weighted by atomic mass is 9.88. The summed E-state index contributed by atoms with van der Waals surface area (Å²) in [5, 5.41) is 23.5. The summed E-state index contributed by atoms with van der Waals surface area (Å²) >= 11 is 0. The molecule has 2 aromatic rings. The number of esters is 1. The van der Waals surface area contributed by atoms with Crippen LogP contribution in [0.4, 0.5) is 0 Å². The minimum atomic E-state index is -0.737. The number of para-hydroxylation sites is 1. The van der Waals surface area contributed by atoms with Gasteiger partial charge in [-0.05, 0) is 56.2 Å². The second-order valence-corrected chi connectivity index (χ2v) is 9.50. The molecule has 0 saturated heterocycles. The predicted molar refractivity (Wildman–Crippen MR) is 132 cm³/mol. The van der Waals surface area contributed by atoms with Gasteiger partial charge in [0.25, 0.3) is 0 Å². The molecule has 6 nitrogen and oxygen atoms in total. The van der Waals surface area contributed by atoms with Crippen LogP contribution in [0.15, 0.2) is 48.5 Å². The quantitative estimate of drug-likeness (QED) is 0.490. The second kappa shape index (κ2) is 11.8. The van der Waals surface area contributed by atoms with Gasteiger partial charge in [-0.15, -0.1) is 0 Å². The molecule has 0 heterocycles. The Morgan fingerprint density at radius 1 is 1.24 bits per heavy atom. The van der Waals surface area contributed by atoms with E-state index in [1.165, 1.54) is 18.2 Å². The van der Waals surface area contributed by atoms with Gasteiger partial charge in [-0.2, -0.15) is 5.26 Å². The Hall–Kier alpha value is -3.14. The molecule has 1 aliphatic carbocycles. The summed E-state index contributed by atoms with van der Waals surface area (Å²) in [6, 6.07) is 16.0. The van der Waals surface area contributed by atoms with Crippen LogP contribution in [-0.4, -0.2) is 43.0 Å². The first-order valence-corrected chi connectivity index (χ1v) is 11.7. The minimum Gasteiger partial charge on any atom is -0.489 e. The highest BCUT2D eigenvalue weighted by molar-refractivity contribution is 5.73. The summed E-state index contributed by atoms with van der Waals surface area (Å²) < 4.78 is 10.5. The molecule has 3 rings (SSSR count). The number of methoxy groups -OCH3 is 1. The van der Waals surface area contributed by atoms with Crippen LogP contribution in [0.25, 0.3) is 6.08 Å². The van der Waals surface area contributed by atoms with Gasteiger partial charge in [0.2, 0.25) is 0 Å². The highest BCUT2D eigenvalue weighted by atomic mass is 16.5. The number of nitriles is 1. The summed E-state index contributed by atoms with van der Waals surface area (Å²) in [5.74, 6) is 0.643. The molecule has 2 N–H and O–H groups in total. The van der Waals surface area contributed by atoms with E-state index in [0.717, 1.165) is 19.3 Å². The third-order valence-electron chi connectivity index (χ3n) is 6.15. The number of nitrogens with one attached hydrogen (secondary N) is 1. The summed E-state index contributed by atoms with van der Waals surface area (Å²) in [6.07, 6.45) is 5.99. The van der Waals surface area contributed by atoms with E-state index in [2.05, 4.69) is 54.2 Å². The fraction of sp³-hybridized carbons (Fsp3) is 0.429. The lowest BCUT2D eigenvalue weighted by Gasteiger charge is -2.30. The number of ether oxygens (including phenoxy) is 2. The smallest absolute Gasteiger partial charge is 0.309 e. The first-order chi connectivity index (χ1) is 16.3. The number of hydrogen-bond acceptors (Lipinski definition) is 6. The molecular weight excluding hydrogens is 428 g/mol. The summed E-state index contributed by atoms with van der Waals surface area (Å²) in [6.45, 7) is 4.76. The van der Waals surface area contributed by atoms with Gasteiger partial charge in [0.05, 0.1) is 19.1 Å². The minimum absolute atomic E-state index is 0.0501. The van der Waals surface area contributed by atoms with Gasteiger partial charge >= 0.3 is 5.97 Å². The van der Waals surface area contributed by atoms with Crippen LogP contribution in [0.3, 0.4) is 0 Å². The zero-order valence-corrected chi connectivity index (χ0v) is 20.2. The van der Waals surface area contributed by atoms with Crippen LogP contribution < -0.4 is 10.1 Å². The van der Waals surface area contributed by atoms with E-state index in [-0.39, 0.29) is 24.5 Å². The van der Waals surface area contributed by atoms with E-state index in [4.69, 9.17) is 4.74 Å². The first kappa shape index (κ1) is 25.5. The third kappa shape index (κ3) is 7.18.